The summed E-state index contributed by atoms with van der Waals surface area (Å²) < 4.78 is 10.9. The van der Waals surface area contributed by atoms with Gasteiger partial charge in [0.2, 0.25) is 0 Å². The lowest BCUT2D eigenvalue weighted by atomic mass is 9.50. The number of carbonyl (C=O) groups is 1. The van der Waals surface area contributed by atoms with Gasteiger partial charge < -0.3 is 14.1 Å². The van der Waals surface area contributed by atoms with Crippen LogP contribution in [0.3, 0.4) is 0 Å². The maximum Gasteiger partial charge on any atom is 0.253 e. The van der Waals surface area contributed by atoms with Gasteiger partial charge in [0.1, 0.15) is 0 Å². The predicted octanol–water partition coefficient (Wildman–Crippen LogP) is 3.37. The minimum Gasteiger partial charge on any atom is -0.444 e. The van der Waals surface area contributed by atoms with Crippen LogP contribution < -0.4 is 0 Å². The Kier molecular flexibility index (Phi) is 3.68. The van der Waals surface area contributed by atoms with E-state index < -0.39 is 0 Å². The van der Waals surface area contributed by atoms with Crippen molar-refractivity contribution in [3.63, 3.8) is 0 Å². The van der Waals surface area contributed by atoms with Gasteiger partial charge in [-0.3, -0.25) is 4.79 Å². The second-order valence-corrected chi connectivity index (χ2v) is 6.92. The number of amides is 1. The summed E-state index contributed by atoms with van der Waals surface area (Å²) in [5.74, 6) is 0.780. The van der Waals surface area contributed by atoms with E-state index in [1.807, 2.05) is 36.2 Å². The highest BCUT2D eigenvalue weighted by molar-refractivity contribution is 5.94. The molecule has 0 bridgehead atoms. The van der Waals surface area contributed by atoms with E-state index in [2.05, 4.69) is 4.98 Å². The molecule has 2 aliphatic rings. The Balaban J connectivity index is 1.49. The molecule has 24 heavy (non-hydrogen) atoms. The van der Waals surface area contributed by atoms with Gasteiger partial charge in [0.15, 0.2) is 12.2 Å². The summed E-state index contributed by atoms with van der Waals surface area (Å²) in [4.78, 5) is 18.7. The molecule has 2 saturated carbocycles. The molecular formula is C19H22N2O3. The van der Waals surface area contributed by atoms with Crippen LogP contribution >= 0.6 is 0 Å². The van der Waals surface area contributed by atoms with Crippen LogP contribution in [-0.2, 0) is 4.74 Å². The van der Waals surface area contributed by atoms with Crippen LogP contribution in [0.4, 0.5) is 0 Å². The van der Waals surface area contributed by atoms with E-state index >= 15 is 0 Å². The first-order chi connectivity index (χ1) is 11.7. The van der Waals surface area contributed by atoms with Crippen LogP contribution in [0.25, 0.3) is 11.3 Å². The molecule has 0 unspecified atom stereocenters. The van der Waals surface area contributed by atoms with Crippen LogP contribution in [0, 0.1) is 5.41 Å². The number of methoxy groups -OCH3 is 1. The molecule has 1 spiro atoms. The van der Waals surface area contributed by atoms with Gasteiger partial charge in [0.25, 0.3) is 5.91 Å². The van der Waals surface area contributed by atoms with Gasteiger partial charge in [-0.2, -0.15) is 0 Å². The van der Waals surface area contributed by atoms with Crippen molar-refractivity contribution in [3.8, 4) is 11.3 Å². The third-order valence-electron chi connectivity index (χ3n) is 5.95. The predicted molar refractivity (Wildman–Crippen MR) is 89.5 cm³/mol. The molecular weight excluding hydrogens is 304 g/mol. The van der Waals surface area contributed by atoms with Gasteiger partial charge >= 0.3 is 0 Å². The summed E-state index contributed by atoms with van der Waals surface area (Å²) in [6.07, 6.45) is 7.89. The summed E-state index contributed by atoms with van der Waals surface area (Å²) in [6, 6.07) is 7.81. The fourth-order valence-corrected chi connectivity index (χ4v) is 4.32. The lowest BCUT2D eigenvalue weighted by molar-refractivity contribution is -0.182. The molecule has 126 valence electrons. The zero-order valence-electron chi connectivity index (χ0n) is 14.1. The molecule has 0 radical (unpaired) electrons. The highest BCUT2D eigenvalue weighted by Crippen LogP contribution is 2.58. The van der Waals surface area contributed by atoms with Gasteiger partial charge in [-0.25, -0.2) is 4.98 Å². The average molecular weight is 326 g/mol. The van der Waals surface area contributed by atoms with Gasteiger partial charge in [-0.1, -0.05) is 18.6 Å². The smallest absolute Gasteiger partial charge is 0.253 e. The van der Waals surface area contributed by atoms with Crippen LogP contribution in [0.15, 0.2) is 41.3 Å². The molecule has 5 nitrogen and oxygen atoms in total. The van der Waals surface area contributed by atoms with E-state index in [0.717, 1.165) is 24.8 Å². The monoisotopic (exact) mass is 326 g/mol. The number of carbonyl (C=O) groups excluding carboxylic acids is 1. The molecule has 4 rings (SSSR count). The van der Waals surface area contributed by atoms with E-state index in [1.54, 1.807) is 13.3 Å². The average Bonchev–Trinajstić information content (AvgIpc) is 3.06. The van der Waals surface area contributed by atoms with Gasteiger partial charge in [0.05, 0.1) is 12.3 Å². The molecule has 1 amide bonds. The first-order valence-corrected chi connectivity index (χ1v) is 8.44. The van der Waals surface area contributed by atoms with Crippen LogP contribution in [0.5, 0.6) is 0 Å². The van der Waals surface area contributed by atoms with Crippen LogP contribution in [-0.4, -0.2) is 42.1 Å². The van der Waals surface area contributed by atoms with E-state index in [9.17, 15) is 4.79 Å². The zero-order chi connectivity index (χ0) is 16.7. The second-order valence-electron chi connectivity index (χ2n) is 6.92. The molecule has 1 aromatic heterocycles. The summed E-state index contributed by atoms with van der Waals surface area (Å²) in [5, 5.41) is 0. The summed E-state index contributed by atoms with van der Waals surface area (Å²) >= 11 is 0. The number of aromatic nitrogens is 1. The maximum absolute atomic E-state index is 12.8. The first-order valence-electron chi connectivity index (χ1n) is 8.44. The van der Waals surface area contributed by atoms with Crippen molar-refractivity contribution >= 4 is 5.91 Å². The van der Waals surface area contributed by atoms with Gasteiger partial charge in [0, 0.05) is 36.7 Å². The van der Waals surface area contributed by atoms with Crippen LogP contribution in [0.2, 0.25) is 0 Å². The number of oxazole rings is 1. The highest BCUT2D eigenvalue weighted by Gasteiger charge is 2.60. The van der Waals surface area contributed by atoms with Crippen molar-refractivity contribution in [2.24, 2.45) is 5.41 Å². The molecule has 2 atom stereocenters. The molecule has 0 saturated heterocycles. The quantitative estimate of drug-likeness (QED) is 0.864. The largest absolute Gasteiger partial charge is 0.444 e. The molecule has 5 heteroatoms. The number of hydrogen-bond acceptors (Lipinski definition) is 4. The fraction of sp³-hybridized carbons (Fsp3) is 0.474. The third-order valence-corrected chi connectivity index (χ3v) is 5.95. The van der Waals surface area contributed by atoms with Crippen molar-refractivity contribution < 1.29 is 13.9 Å². The number of benzene rings is 1. The van der Waals surface area contributed by atoms with E-state index in [1.165, 1.54) is 12.8 Å². The Bertz CT molecular complexity index is 720. The molecule has 1 aromatic carbocycles. The minimum atomic E-state index is 0.0740. The molecule has 2 aliphatic carbocycles. The Morgan fingerprint density at radius 3 is 2.62 bits per heavy atom. The Morgan fingerprint density at radius 1 is 1.33 bits per heavy atom. The maximum atomic E-state index is 12.8. The van der Waals surface area contributed by atoms with Gasteiger partial charge in [-0.05, 0) is 31.4 Å². The Labute approximate surface area is 141 Å². The standard InChI is InChI=1S/C19H22N2O3/c1-21(16-10-17(23-2)19(16)8-3-9-19)18(22)14-6-4-13(5-7-14)15-11-20-12-24-15/h4-7,11-12,16-17H,3,8-10H2,1-2H3/t16-,17+/m0/s1. The van der Waals surface area contributed by atoms with Crippen LogP contribution in [0.1, 0.15) is 36.0 Å². The number of rotatable bonds is 4. The molecule has 2 aromatic rings. The van der Waals surface area contributed by atoms with E-state index in [4.69, 9.17) is 9.15 Å². The van der Waals surface area contributed by atoms with E-state index in [-0.39, 0.29) is 17.4 Å². The number of ether oxygens (including phenoxy) is 1. The summed E-state index contributed by atoms with van der Waals surface area (Å²) in [7, 11) is 3.70. The lowest BCUT2D eigenvalue weighted by Gasteiger charge is -2.62. The summed E-state index contributed by atoms with van der Waals surface area (Å²) in [6.45, 7) is 0. The molecule has 1 heterocycles. The zero-order valence-corrected chi connectivity index (χ0v) is 14.1. The second kappa shape index (κ2) is 5.74. The molecule has 0 N–H and O–H groups in total. The summed E-state index contributed by atoms with van der Waals surface area (Å²) in [5.41, 5.74) is 1.82. The van der Waals surface area contributed by atoms with Crippen molar-refractivity contribution in [1.29, 1.82) is 0 Å². The number of nitrogens with zero attached hydrogens (tertiary/aromatic N) is 2. The number of hydrogen-bond donors (Lipinski definition) is 0. The Morgan fingerprint density at radius 2 is 2.08 bits per heavy atom. The third kappa shape index (κ3) is 2.18. The normalized spacial score (nSPS) is 24.2. The van der Waals surface area contributed by atoms with Crippen molar-refractivity contribution in [2.75, 3.05) is 14.2 Å². The fourth-order valence-electron chi connectivity index (χ4n) is 4.32. The highest BCUT2D eigenvalue weighted by atomic mass is 16.5. The first kappa shape index (κ1) is 15.4. The van der Waals surface area contributed by atoms with Crippen molar-refractivity contribution in [2.45, 2.75) is 37.8 Å². The Hall–Kier alpha value is -2.14. The lowest BCUT2D eigenvalue weighted by Crippen LogP contribution is -2.67. The molecule has 0 aliphatic heterocycles. The topological polar surface area (TPSA) is 55.6 Å². The SMILES string of the molecule is CO[C@@H]1C[C@H](N(C)C(=O)c2ccc(-c3cnco3)cc2)C12CCC2. The van der Waals surface area contributed by atoms with Crippen molar-refractivity contribution in [3.05, 3.63) is 42.4 Å². The van der Waals surface area contributed by atoms with Gasteiger partial charge in [-0.15, -0.1) is 0 Å². The minimum absolute atomic E-state index is 0.0740. The molecule has 2 fully saturated rings. The van der Waals surface area contributed by atoms with Crippen molar-refractivity contribution in [1.82, 2.24) is 9.88 Å². The van der Waals surface area contributed by atoms with E-state index in [0.29, 0.717) is 17.4 Å².